The van der Waals surface area contributed by atoms with Crippen molar-refractivity contribution in [2.75, 3.05) is 7.11 Å². The molecule has 22 heavy (non-hydrogen) atoms. The van der Waals surface area contributed by atoms with Gasteiger partial charge in [0.15, 0.2) is 5.78 Å². The van der Waals surface area contributed by atoms with E-state index in [2.05, 4.69) is 15.9 Å². The standard InChI is InChI=1S/C17H19BrO4/c1-10-13(16(19)8-6-14(10)17(20)21)5-3-11-9-12(22-2)4-7-15(11)18/h4,7,9,14H,3,5-6,8H2,1-2H3,(H,20,21). The third-order valence-corrected chi connectivity index (χ3v) is 4.96. The summed E-state index contributed by atoms with van der Waals surface area (Å²) in [6, 6.07) is 5.71. The first kappa shape index (κ1) is 16.7. The molecule has 0 heterocycles. The van der Waals surface area contributed by atoms with E-state index >= 15 is 0 Å². The maximum atomic E-state index is 12.1. The van der Waals surface area contributed by atoms with Crippen molar-refractivity contribution in [1.29, 1.82) is 0 Å². The van der Waals surface area contributed by atoms with Gasteiger partial charge >= 0.3 is 5.97 Å². The summed E-state index contributed by atoms with van der Waals surface area (Å²) < 4.78 is 6.18. The lowest BCUT2D eigenvalue weighted by atomic mass is 9.81. The van der Waals surface area contributed by atoms with Gasteiger partial charge < -0.3 is 9.84 Å². The van der Waals surface area contributed by atoms with Gasteiger partial charge in [0.1, 0.15) is 5.75 Å². The van der Waals surface area contributed by atoms with Gasteiger partial charge in [-0.05, 0) is 55.5 Å². The number of allylic oxidation sites excluding steroid dienone is 1. The van der Waals surface area contributed by atoms with Crippen molar-refractivity contribution in [2.24, 2.45) is 5.92 Å². The zero-order valence-corrected chi connectivity index (χ0v) is 14.3. The van der Waals surface area contributed by atoms with E-state index in [0.717, 1.165) is 15.8 Å². The Hall–Kier alpha value is -1.62. The molecule has 0 aliphatic heterocycles. The van der Waals surface area contributed by atoms with Crippen molar-refractivity contribution in [3.8, 4) is 5.75 Å². The molecule has 0 radical (unpaired) electrons. The molecule has 0 fully saturated rings. The number of aryl methyl sites for hydroxylation is 1. The Morgan fingerprint density at radius 2 is 2.14 bits per heavy atom. The first-order valence-corrected chi connectivity index (χ1v) is 8.01. The van der Waals surface area contributed by atoms with Gasteiger partial charge in [0.25, 0.3) is 0 Å². The van der Waals surface area contributed by atoms with E-state index < -0.39 is 11.9 Å². The molecule has 0 saturated carbocycles. The number of carbonyl (C=O) groups is 2. The molecule has 1 aromatic carbocycles. The first-order chi connectivity index (χ1) is 10.4. The number of benzene rings is 1. The Morgan fingerprint density at radius 1 is 1.41 bits per heavy atom. The van der Waals surface area contributed by atoms with Crippen LogP contribution in [0.1, 0.15) is 31.7 Å². The van der Waals surface area contributed by atoms with Gasteiger partial charge in [-0.15, -0.1) is 0 Å². The largest absolute Gasteiger partial charge is 0.497 e. The van der Waals surface area contributed by atoms with E-state index in [9.17, 15) is 14.7 Å². The lowest BCUT2D eigenvalue weighted by Crippen LogP contribution is -2.24. The Labute approximate surface area is 138 Å². The van der Waals surface area contributed by atoms with Crippen LogP contribution in [0.2, 0.25) is 0 Å². The van der Waals surface area contributed by atoms with E-state index in [1.54, 1.807) is 14.0 Å². The highest BCUT2D eigenvalue weighted by Gasteiger charge is 2.29. The fourth-order valence-electron chi connectivity index (χ4n) is 2.85. The first-order valence-electron chi connectivity index (χ1n) is 7.22. The van der Waals surface area contributed by atoms with Gasteiger partial charge in [-0.1, -0.05) is 21.5 Å². The molecule has 1 aliphatic rings. The lowest BCUT2D eigenvalue weighted by Gasteiger charge is -2.23. The van der Waals surface area contributed by atoms with Gasteiger partial charge in [0, 0.05) is 10.9 Å². The van der Waals surface area contributed by atoms with Crippen molar-refractivity contribution >= 4 is 27.7 Å². The summed E-state index contributed by atoms with van der Waals surface area (Å²) in [5.74, 6) is -0.525. The van der Waals surface area contributed by atoms with Crippen LogP contribution in [-0.4, -0.2) is 24.0 Å². The molecule has 1 N–H and O–H groups in total. The van der Waals surface area contributed by atoms with Crippen LogP contribution in [0.4, 0.5) is 0 Å². The molecule has 0 saturated heterocycles. The van der Waals surface area contributed by atoms with Gasteiger partial charge in [-0.3, -0.25) is 9.59 Å². The zero-order chi connectivity index (χ0) is 16.3. The number of ketones is 1. The van der Waals surface area contributed by atoms with Crippen molar-refractivity contribution in [3.05, 3.63) is 39.4 Å². The van der Waals surface area contributed by atoms with Gasteiger partial charge in [-0.2, -0.15) is 0 Å². The number of halogens is 1. The van der Waals surface area contributed by atoms with Gasteiger partial charge in [0.2, 0.25) is 0 Å². The van der Waals surface area contributed by atoms with Crippen LogP contribution in [0.3, 0.4) is 0 Å². The Morgan fingerprint density at radius 3 is 2.77 bits per heavy atom. The summed E-state index contributed by atoms with van der Waals surface area (Å²) >= 11 is 3.50. The number of ether oxygens (including phenoxy) is 1. The smallest absolute Gasteiger partial charge is 0.310 e. The van der Waals surface area contributed by atoms with Crippen LogP contribution < -0.4 is 4.74 Å². The molecule has 5 heteroatoms. The molecular formula is C17H19BrO4. The average Bonchev–Trinajstić information content (AvgIpc) is 2.48. The molecule has 0 spiro atoms. The minimum absolute atomic E-state index is 0.0778. The molecule has 0 bridgehead atoms. The molecule has 118 valence electrons. The van der Waals surface area contributed by atoms with Crippen LogP contribution in [0, 0.1) is 5.92 Å². The topological polar surface area (TPSA) is 63.6 Å². The number of rotatable bonds is 5. The highest BCUT2D eigenvalue weighted by Crippen LogP contribution is 2.32. The second kappa shape index (κ2) is 7.09. The van der Waals surface area contributed by atoms with Crippen LogP contribution in [0.15, 0.2) is 33.8 Å². The number of carboxylic acids is 1. The van der Waals surface area contributed by atoms with Crippen LogP contribution >= 0.6 is 15.9 Å². The second-order valence-corrected chi connectivity index (χ2v) is 6.33. The monoisotopic (exact) mass is 366 g/mol. The molecule has 2 rings (SSSR count). The van der Waals surface area contributed by atoms with E-state index in [-0.39, 0.29) is 5.78 Å². The fraction of sp³-hybridized carbons (Fsp3) is 0.412. The molecule has 4 nitrogen and oxygen atoms in total. The number of hydrogen-bond donors (Lipinski definition) is 1. The number of Topliss-reactive ketones (excluding diaryl/α,β-unsaturated/α-hetero) is 1. The number of carbonyl (C=O) groups excluding carboxylic acids is 1. The van der Waals surface area contributed by atoms with E-state index in [1.807, 2.05) is 18.2 Å². The average molecular weight is 367 g/mol. The SMILES string of the molecule is COc1ccc(Br)c(CCC2=C(C)C(C(=O)O)CCC2=O)c1. The predicted octanol–water partition coefficient (Wildman–Crippen LogP) is 3.77. The third kappa shape index (κ3) is 3.58. The molecule has 1 unspecified atom stereocenters. The fourth-order valence-corrected chi connectivity index (χ4v) is 3.29. The number of aliphatic carboxylic acids is 1. The molecule has 1 aliphatic carbocycles. The maximum Gasteiger partial charge on any atom is 0.310 e. The minimum atomic E-state index is -0.843. The van der Waals surface area contributed by atoms with Crippen molar-refractivity contribution in [2.45, 2.75) is 32.6 Å². The van der Waals surface area contributed by atoms with Crippen molar-refractivity contribution in [1.82, 2.24) is 0 Å². The number of carboxylic acid groups (broad SMARTS) is 1. The summed E-state index contributed by atoms with van der Waals surface area (Å²) in [7, 11) is 1.61. The predicted molar refractivity (Wildman–Crippen MR) is 87.1 cm³/mol. The quantitative estimate of drug-likeness (QED) is 0.861. The molecule has 0 aromatic heterocycles. The highest BCUT2D eigenvalue weighted by molar-refractivity contribution is 9.10. The minimum Gasteiger partial charge on any atom is -0.497 e. The third-order valence-electron chi connectivity index (χ3n) is 4.19. The van der Waals surface area contributed by atoms with E-state index in [1.165, 1.54) is 0 Å². The Kier molecular flexibility index (Phi) is 5.40. The number of hydrogen-bond acceptors (Lipinski definition) is 3. The van der Waals surface area contributed by atoms with E-state index in [4.69, 9.17) is 4.74 Å². The summed E-state index contributed by atoms with van der Waals surface area (Å²) in [5, 5.41) is 9.24. The second-order valence-electron chi connectivity index (χ2n) is 5.47. The summed E-state index contributed by atoms with van der Waals surface area (Å²) in [6.45, 7) is 1.77. The summed E-state index contributed by atoms with van der Waals surface area (Å²) in [4.78, 5) is 23.4. The highest BCUT2D eigenvalue weighted by atomic mass is 79.9. The van der Waals surface area contributed by atoms with E-state index in [0.29, 0.717) is 36.8 Å². The molecule has 1 atom stereocenters. The lowest BCUT2D eigenvalue weighted by molar-refractivity contribution is -0.140. The van der Waals surface area contributed by atoms with Crippen LogP contribution in [0.5, 0.6) is 5.75 Å². The maximum absolute atomic E-state index is 12.1. The molecular weight excluding hydrogens is 348 g/mol. The normalized spacial score (nSPS) is 18.5. The number of methoxy groups -OCH3 is 1. The van der Waals surface area contributed by atoms with Gasteiger partial charge in [-0.25, -0.2) is 0 Å². The zero-order valence-electron chi connectivity index (χ0n) is 12.7. The molecule has 0 amide bonds. The Bertz CT molecular complexity index is 634. The van der Waals surface area contributed by atoms with Gasteiger partial charge in [0.05, 0.1) is 13.0 Å². The van der Waals surface area contributed by atoms with Crippen LogP contribution in [-0.2, 0) is 16.0 Å². The summed E-state index contributed by atoms with van der Waals surface area (Å²) in [6.07, 6.45) is 1.96. The Balaban J connectivity index is 2.20. The van der Waals surface area contributed by atoms with Crippen molar-refractivity contribution in [3.63, 3.8) is 0 Å². The summed E-state index contributed by atoms with van der Waals surface area (Å²) in [5.41, 5.74) is 2.43. The van der Waals surface area contributed by atoms with Crippen molar-refractivity contribution < 1.29 is 19.4 Å². The van der Waals surface area contributed by atoms with Crippen LogP contribution in [0.25, 0.3) is 0 Å². The molecule has 1 aromatic rings.